The molecule has 3 heteroatoms. The fourth-order valence-corrected chi connectivity index (χ4v) is 1.99. The van der Waals surface area contributed by atoms with E-state index in [0.717, 1.165) is 38.4 Å². The van der Waals surface area contributed by atoms with Gasteiger partial charge in [-0.15, -0.1) is 0 Å². The van der Waals surface area contributed by atoms with Gasteiger partial charge in [-0.2, -0.15) is 0 Å². The summed E-state index contributed by atoms with van der Waals surface area (Å²) in [5, 5.41) is 3.54. The van der Waals surface area contributed by atoms with Crippen molar-refractivity contribution in [3.8, 4) is 5.75 Å². The minimum absolute atomic E-state index is 0.543. The number of anilines is 1. The van der Waals surface area contributed by atoms with Crippen LogP contribution in [-0.4, -0.2) is 25.9 Å². The Bertz CT molecular complexity index is 342. The lowest BCUT2D eigenvalue weighted by Gasteiger charge is -2.24. The largest absolute Gasteiger partial charge is 0.493 e. The quantitative estimate of drug-likeness (QED) is 0.868. The van der Waals surface area contributed by atoms with E-state index >= 15 is 0 Å². The first kappa shape index (κ1) is 13.2. The van der Waals surface area contributed by atoms with Crippen LogP contribution in [0.3, 0.4) is 0 Å². The molecule has 1 aliphatic heterocycles. The highest BCUT2D eigenvalue weighted by Crippen LogP contribution is 2.19. The third kappa shape index (κ3) is 4.22. The third-order valence-electron chi connectivity index (χ3n) is 3.03. The molecule has 18 heavy (non-hydrogen) atoms. The molecule has 1 aliphatic rings. The first-order valence-electron chi connectivity index (χ1n) is 6.81. The predicted molar refractivity (Wildman–Crippen MR) is 74.2 cm³/mol. The van der Waals surface area contributed by atoms with Gasteiger partial charge in [-0.25, -0.2) is 0 Å². The molecule has 1 N–H and O–H groups in total. The zero-order valence-corrected chi connectivity index (χ0v) is 11.3. The average molecular weight is 249 g/mol. The van der Waals surface area contributed by atoms with E-state index in [1.54, 1.807) is 0 Å². The highest BCUT2D eigenvalue weighted by Gasteiger charge is 2.12. The van der Waals surface area contributed by atoms with E-state index in [4.69, 9.17) is 9.47 Å². The molecule has 0 saturated carbocycles. The second kappa shape index (κ2) is 6.64. The first-order valence-corrected chi connectivity index (χ1v) is 6.81. The first-order chi connectivity index (χ1) is 8.74. The van der Waals surface area contributed by atoms with E-state index in [1.807, 2.05) is 12.1 Å². The van der Waals surface area contributed by atoms with Crippen LogP contribution in [0.4, 0.5) is 5.69 Å². The Hall–Kier alpha value is -1.22. The lowest BCUT2D eigenvalue weighted by atomic mass is 10.1. The number of rotatable bonds is 5. The molecule has 1 aromatic rings. The number of ether oxygens (including phenoxy) is 2. The number of benzene rings is 1. The molecule has 1 saturated heterocycles. The summed E-state index contributed by atoms with van der Waals surface area (Å²) < 4.78 is 11.0. The molecule has 0 aliphatic carbocycles. The van der Waals surface area contributed by atoms with Crippen LogP contribution in [0.2, 0.25) is 0 Å². The number of nitrogens with one attached hydrogen (secondary N) is 1. The highest BCUT2D eigenvalue weighted by molar-refractivity contribution is 5.47. The van der Waals surface area contributed by atoms with Gasteiger partial charge in [0.05, 0.1) is 6.61 Å². The Morgan fingerprint density at radius 1 is 1.22 bits per heavy atom. The summed E-state index contributed by atoms with van der Waals surface area (Å²) in [7, 11) is 0. The van der Waals surface area contributed by atoms with Crippen molar-refractivity contribution in [1.29, 1.82) is 0 Å². The van der Waals surface area contributed by atoms with E-state index < -0.39 is 0 Å². The van der Waals surface area contributed by atoms with Crippen molar-refractivity contribution in [2.45, 2.75) is 32.7 Å². The maximum atomic E-state index is 5.66. The lowest BCUT2D eigenvalue weighted by Crippen LogP contribution is -2.27. The normalized spacial score (nSPS) is 16.8. The van der Waals surface area contributed by atoms with Gasteiger partial charge in [0.25, 0.3) is 0 Å². The molecule has 0 bridgehead atoms. The Labute approximate surface area is 109 Å². The predicted octanol–water partition coefficient (Wildman–Crippen LogP) is 3.31. The van der Waals surface area contributed by atoms with Crippen molar-refractivity contribution < 1.29 is 9.47 Å². The van der Waals surface area contributed by atoms with E-state index in [1.165, 1.54) is 5.69 Å². The Kier molecular flexibility index (Phi) is 4.88. The zero-order chi connectivity index (χ0) is 12.8. The Balaban J connectivity index is 1.83. The van der Waals surface area contributed by atoms with E-state index in [9.17, 15) is 0 Å². The van der Waals surface area contributed by atoms with Crippen LogP contribution in [0.15, 0.2) is 24.3 Å². The van der Waals surface area contributed by atoms with Gasteiger partial charge in [0.15, 0.2) is 0 Å². The summed E-state index contributed by atoms with van der Waals surface area (Å²) in [6, 6.07) is 8.78. The zero-order valence-electron chi connectivity index (χ0n) is 11.3. The highest BCUT2D eigenvalue weighted by atomic mass is 16.5. The van der Waals surface area contributed by atoms with Gasteiger partial charge in [0, 0.05) is 24.9 Å². The molecule has 1 aromatic carbocycles. The molecule has 3 nitrogen and oxygen atoms in total. The monoisotopic (exact) mass is 249 g/mol. The second-order valence-corrected chi connectivity index (χ2v) is 5.26. The molecular weight excluding hydrogens is 226 g/mol. The van der Waals surface area contributed by atoms with Crippen molar-refractivity contribution in [3.63, 3.8) is 0 Å². The maximum Gasteiger partial charge on any atom is 0.119 e. The van der Waals surface area contributed by atoms with Crippen LogP contribution in [0, 0.1) is 5.92 Å². The molecule has 0 unspecified atom stereocenters. The van der Waals surface area contributed by atoms with E-state index in [0.29, 0.717) is 12.0 Å². The fourth-order valence-electron chi connectivity index (χ4n) is 1.99. The van der Waals surface area contributed by atoms with Crippen molar-refractivity contribution in [1.82, 2.24) is 0 Å². The summed E-state index contributed by atoms with van der Waals surface area (Å²) in [6.45, 7) is 6.81. The molecule has 0 radical (unpaired) electrons. The summed E-state index contributed by atoms with van der Waals surface area (Å²) in [4.78, 5) is 0. The van der Waals surface area contributed by atoms with Crippen LogP contribution in [0.1, 0.15) is 26.7 Å². The van der Waals surface area contributed by atoms with Crippen LogP contribution in [-0.2, 0) is 4.74 Å². The van der Waals surface area contributed by atoms with E-state index in [2.05, 4.69) is 31.3 Å². The summed E-state index contributed by atoms with van der Waals surface area (Å²) in [6.07, 6.45) is 2.18. The second-order valence-electron chi connectivity index (χ2n) is 5.26. The van der Waals surface area contributed by atoms with Crippen molar-refractivity contribution in [2.24, 2.45) is 5.92 Å². The van der Waals surface area contributed by atoms with Gasteiger partial charge in [0.2, 0.25) is 0 Å². The minimum Gasteiger partial charge on any atom is -0.493 e. The fraction of sp³-hybridized carbons (Fsp3) is 0.600. The average Bonchev–Trinajstić information content (AvgIpc) is 2.39. The van der Waals surface area contributed by atoms with Gasteiger partial charge >= 0.3 is 0 Å². The van der Waals surface area contributed by atoms with Crippen molar-refractivity contribution >= 4 is 5.69 Å². The summed E-state index contributed by atoms with van der Waals surface area (Å²) >= 11 is 0. The smallest absolute Gasteiger partial charge is 0.119 e. The number of hydrogen-bond donors (Lipinski definition) is 1. The molecule has 100 valence electrons. The Morgan fingerprint density at radius 3 is 2.50 bits per heavy atom. The molecule has 2 rings (SSSR count). The van der Waals surface area contributed by atoms with Crippen LogP contribution < -0.4 is 10.1 Å². The molecular formula is C15H23NO2. The molecule has 0 atom stereocenters. The maximum absolute atomic E-state index is 5.66. The Morgan fingerprint density at radius 2 is 1.89 bits per heavy atom. The van der Waals surface area contributed by atoms with Gasteiger partial charge in [-0.1, -0.05) is 13.8 Å². The third-order valence-corrected chi connectivity index (χ3v) is 3.03. The molecule has 0 spiro atoms. The lowest BCUT2D eigenvalue weighted by molar-refractivity contribution is 0.0904. The molecule has 1 fully saturated rings. The van der Waals surface area contributed by atoms with Gasteiger partial charge in [-0.3, -0.25) is 0 Å². The van der Waals surface area contributed by atoms with Gasteiger partial charge < -0.3 is 14.8 Å². The van der Waals surface area contributed by atoms with E-state index in [-0.39, 0.29) is 0 Å². The summed E-state index contributed by atoms with van der Waals surface area (Å²) in [5.41, 5.74) is 1.17. The van der Waals surface area contributed by atoms with Crippen LogP contribution in [0.5, 0.6) is 5.75 Å². The SMILES string of the molecule is CC(C)COc1ccc(NC2CCOCC2)cc1. The van der Waals surface area contributed by atoms with Crippen molar-refractivity contribution in [2.75, 3.05) is 25.1 Å². The minimum atomic E-state index is 0.543. The van der Waals surface area contributed by atoms with Gasteiger partial charge in [-0.05, 0) is 43.0 Å². The van der Waals surface area contributed by atoms with Gasteiger partial charge in [0.1, 0.15) is 5.75 Å². The summed E-state index contributed by atoms with van der Waals surface area (Å²) in [5.74, 6) is 1.51. The van der Waals surface area contributed by atoms with Crippen molar-refractivity contribution in [3.05, 3.63) is 24.3 Å². The van der Waals surface area contributed by atoms with Crippen LogP contribution in [0.25, 0.3) is 0 Å². The van der Waals surface area contributed by atoms with Crippen LogP contribution >= 0.6 is 0 Å². The molecule has 0 aromatic heterocycles. The standard InChI is InChI=1S/C15H23NO2/c1-12(2)11-18-15-5-3-13(4-6-15)16-14-7-9-17-10-8-14/h3-6,12,14,16H,7-11H2,1-2H3. The number of hydrogen-bond acceptors (Lipinski definition) is 3. The molecule has 0 amide bonds. The topological polar surface area (TPSA) is 30.5 Å². The molecule has 1 heterocycles.